The lowest BCUT2D eigenvalue weighted by atomic mass is 10.1. The Balaban J connectivity index is 1.82. The molecule has 160 valence electrons. The van der Waals surface area contributed by atoms with Crippen LogP contribution in [-0.4, -0.2) is 35.6 Å². The van der Waals surface area contributed by atoms with Crippen molar-refractivity contribution in [1.82, 2.24) is 4.90 Å². The highest BCUT2D eigenvalue weighted by atomic mass is 16.6. The number of hydrogen-bond donors (Lipinski definition) is 0. The number of ether oxygens (including phenoxy) is 1. The molecule has 0 aliphatic heterocycles. The Morgan fingerprint density at radius 2 is 1.55 bits per heavy atom. The van der Waals surface area contributed by atoms with E-state index < -0.39 is 12.1 Å². The normalized spacial score (nSPS) is 11.6. The summed E-state index contributed by atoms with van der Waals surface area (Å²) >= 11 is 0. The molecule has 2 aromatic carbocycles. The first kappa shape index (κ1) is 22.0. The van der Waals surface area contributed by atoms with Gasteiger partial charge in [-0.2, -0.15) is 0 Å². The molecule has 0 aliphatic carbocycles. The fraction of sp³-hybridized carbons (Fsp3) is 0.240. The van der Waals surface area contributed by atoms with Crippen LogP contribution in [0.2, 0.25) is 0 Å². The van der Waals surface area contributed by atoms with E-state index in [9.17, 15) is 14.4 Å². The first-order valence-electron chi connectivity index (χ1n) is 10.2. The van der Waals surface area contributed by atoms with Crippen LogP contribution in [0.1, 0.15) is 53.4 Å². The Hall–Kier alpha value is -3.67. The molecule has 0 saturated carbocycles. The Morgan fingerprint density at radius 3 is 2.13 bits per heavy atom. The summed E-state index contributed by atoms with van der Waals surface area (Å²) in [6.45, 7) is 6.27. The maximum absolute atomic E-state index is 13.0. The van der Waals surface area contributed by atoms with Crippen molar-refractivity contribution in [3.63, 3.8) is 0 Å². The van der Waals surface area contributed by atoms with E-state index in [0.717, 1.165) is 5.56 Å². The molecule has 3 aromatic rings. The summed E-state index contributed by atoms with van der Waals surface area (Å²) in [5.41, 5.74) is 1.91. The minimum atomic E-state index is -1.06. The van der Waals surface area contributed by atoms with Crippen molar-refractivity contribution in [1.29, 1.82) is 0 Å². The Morgan fingerprint density at radius 1 is 0.903 bits per heavy atom. The van der Waals surface area contributed by atoms with E-state index in [0.29, 0.717) is 30.0 Å². The number of carbonyl (C=O) groups excluding carboxylic acids is 3. The molecule has 0 bridgehead atoms. The number of benzene rings is 2. The molecule has 6 nitrogen and oxygen atoms in total. The van der Waals surface area contributed by atoms with Crippen molar-refractivity contribution in [2.45, 2.75) is 26.9 Å². The SMILES string of the molecule is CCN(CC)C(=O)[C@H](OC(=O)c1ccc(-c2ccc(C(C)=O)cc2)o1)c1ccccc1. The van der Waals surface area contributed by atoms with Crippen molar-refractivity contribution in [2.24, 2.45) is 0 Å². The van der Waals surface area contributed by atoms with Gasteiger partial charge in [-0.15, -0.1) is 0 Å². The predicted molar refractivity (Wildman–Crippen MR) is 117 cm³/mol. The maximum Gasteiger partial charge on any atom is 0.375 e. The molecule has 3 rings (SSSR count). The number of nitrogens with zero attached hydrogens (tertiary/aromatic N) is 1. The van der Waals surface area contributed by atoms with Gasteiger partial charge in [0.2, 0.25) is 11.9 Å². The van der Waals surface area contributed by atoms with E-state index in [1.54, 1.807) is 59.5 Å². The molecule has 0 spiro atoms. The second kappa shape index (κ2) is 9.89. The van der Waals surface area contributed by atoms with Crippen LogP contribution in [0.3, 0.4) is 0 Å². The second-order valence-electron chi connectivity index (χ2n) is 7.00. The molecule has 0 fully saturated rings. The number of ketones is 1. The molecular formula is C25H25NO5. The van der Waals surface area contributed by atoms with Crippen LogP contribution in [0, 0.1) is 0 Å². The highest BCUT2D eigenvalue weighted by Gasteiger charge is 2.29. The molecule has 31 heavy (non-hydrogen) atoms. The van der Waals surface area contributed by atoms with Crippen LogP contribution in [-0.2, 0) is 9.53 Å². The Kier molecular flexibility index (Phi) is 7.03. The molecule has 1 aromatic heterocycles. The minimum Gasteiger partial charge on any atom is -0.449 e. The summed E-state index contributed by atoms with van der Waals surface area (Å²) in [5, 5.41) is 0. The number of hydrogen-bond acceptors (Lipinski definition) is 5. The first-order valence-corrected chi connectivity index (χ1v) is 10.2. The van der Waals surface area contributed by atoms with Gasteiger partial charge in [-0.05, 0) is 32.9 Å². The number of rotatable bonds is 8. The van der Waals surface area contributed by atoms with Gasteiger partial charge in [-0.25, -0.2) is 4.79 Å². The lowest BCUT2D eigenvalue weighted by molar-refractivity contribution is -0.140. The monoisotopic (exact) mass is 419 g/mol. The molecule has 0 N–H and O–H groups in total. The van der Waals surface area contributed by atoms with E-state index in [1.165, 1.54) is 13.0 Å². The number of amides is 1. The van der Waals surface area contributed by atoms with E-state index in [-0.39, 0.29) is 17.5 Å². The molecule has 0 saturated heterocycles. The van der Waals surface area contributed by atoms with Crippen LogP contribution < -0.4 is 0 Å². The summed E-state index contributed by atoms with van der Waals surface area (Å²) in [4.78, 5) is 38.8. The highest BCUT2D eigenvalue weighted by Crippen LogP contribution is 2.26. The Bertz CT molecular complexity index is 1050. The number of Topliss-reactive ketones (excluding diaryl/α,β-unsaturated/α-hetero) is 1. The van der Waals surface area contributed by atoms with Crippen molar-refractivity contribution in [3.05, 3.63) is 83.6 Å². The predicted octanol–water partition coefficient (Wildman–Crippen LogP) is 4.92. The van der Waals surface area contributed by atoms with Gasteiger partial charge in [-0.3, -0.25) is 9.59 Å². The fourth-order valence-corrected chi connectivity index (χ4v) is 3.23. The van der Waals surface area contributed by atoms with Gasteiger partial charge in [0.25, 0.3) is 5.91 Å². The lowest BCUT2D eigenvalue weighted by Crippen LogP contribution is -2.36. The molecule has 0 aliphatic rings. The summed E-state index contributed by atoms with van der Waals surface area (Å²) in [7, 11) is 0. The number of likely N-dealkylation sites (N-methyl/N-ethyl adjacent to an activating group) is 1. The molecule has 1 atom stereocenters. The zero-order chi connectivity index (χ0) is 22.4. The van der Waals surface area contributed by atoms with Crippen molar-refractivity contribution in [3.8, 4) is 11.3 Å². The van der Waals surface area contributed by atoms with Crippen molar-refractivity contribution in [2.75, 3.05) is 13.1 Å². The third kappa shape index (κ3) is 5.09. The zero-order valence-electron chi connectivity index (χ0n) is 17.8. The molecule has 1 amide bonds. The van der Waals surface area contributed by atoms with Gasteiger partial charge >= 0.3 is 5.97 Å². The summed E-state index contributed by atoms with van der Waals surface area (Å²) in [6, 6.07) is 19.0. The summed E-state index contributed by atoms with van der Waals surface area (Å²) in [5.74, 6) is -0.565. The van der Waals surface area contributed by atoms with Gasteiger partial charge in [0.05, 0.1) is 0 Å². The average molecular weight is 419 g/mol. The number of carbonyl (C=O) groups is 3. The maximum atomic E-state index is 13.0. The van der Waals surface area contributed by atoms with E-state index in [1.807, 2.05) is 19.9 Å². The van der Waals surface area contributed by atoms with Crippen LogP contribution in [0.4, 0.5) is 0 Å². The van der Waals surface area contributed by atoms with Crippen LogP contribution in [0.15, 0.2) is 71.1 Å². The average Bonchev–Trinajstić information content (AvgIpc) is 3.29. The Labute approximate surface area is 181 Å². The van der Waals surface area contributed by atoms with Gasteiger partial charge in [0.1, 0.15) is 5.76 Å². The van der Waals surface area contributed by atoms with Crippen LogP contribution in [0.25, 0.3) is 11.3 Å². The van der Waals surface area contributed by atoms with E-state index >= 15 is 0 Å². The standard InChI is InChI=1S/C25H25NO5/c1-4-26(5-2)24(28)23(20-9-7-6-8-10-20)31-25(29)22-16-15-21(30-22)19-13-11-18(12-14-19)17(3)27/h6-16,23H,4-5H2,1-3H3/t23-/m1/s1. The van der Waals surface area contributed by atoms with Gasteiger partial charge in [0, 0.05) is 29.8 Å². The largest absolute Gasteiger partial charge is 0.449 e. The van der Waals surface area contributed by atoms with Crippen LogP contribution in [0.5, 0.6) is 0 Å². The smallest absolute Gasteiger partial charge is 0.375 e. The molecule has 0 unspecified atom stereocenters. The van der Waals surface area contributed by atoms with Gasteiger partial charge in [-0.1, -0.05) is 54.6 Å². The number of furan rings is 1. The van der Waals surface area contributed by atoms with Crippen molar-refractivity contribution >= 4 is 17.7 Å². The van der Waals surface area contributed by atoms with E-state index in [2.05, 4.69) is 0 Å². The molecular weight excluding hydrogens is 394 g/mol. The minimum absolute atomic E-state index is 0.000998. The number of esters is 1. The quantitative estimate of drug-likeness (QED) is 0.383. The third-order valence-corrected chi connectivity index (χ3v) is 5.01. The second-order valence-corrected chi connectivity index (χ2v) is 7.00. The molecule has 6 heteroatoms. The lowest BCUT2D eigenvalue weighted by Gasteiger charge is -2.25. The van der Waals surface area contributed by atoms with Crippen LogP contribution >= 0.6 is 0 Å². The van der Waals surface area contributed by atoms with Gasteiger partial charge in [0.15, 0.2) is 5.78 Å². The first-order chi connectivity index (χ1) is 14.9. The highest BCUT2D eigenvalue weighted by molar-refractivity contribution is 5.94. The van der Waals surface area contributed by atoms with Crippen molar-refractivity contribution < 1.29 is 23.5 Å². The fourth-order valence-electron chi connectivity index (χ4n) is 3.23. The van der Waals surface area contributed by atoms with Gasteiger partial charge < -0.3 is 14.1 Å². The zero-order valence-corrected chi connectivity index (χ0v) is 17.8. The van der Waals surface area contributed by atoms with E-state index in [4.69, 9.17) is 9.15 Å². The topological polar surface area (TPSA) is 76.8 Å². The molecule has 0 radical (unpaired) electrons. The summed E-state index contributed by atoms with van der Waals surface area (Å²) in [6.07, 6.45) is -1.06. The molecule has 1 heterocycles. The third-order valence-electron chi connectivity index (χ3n) is 5.01. The summed E-state index contributed by atoms with van der Waals surface area (Å²) < 4.78 is 11.3.